The van der Waals surface area contributed by atoms with Gasteiger partial charge in [-0.1, -0.05) is 0 Å². The summed E-state index contributed by atoms with van der Waals surface area (Å²) >= 11 is 0. The zero-order chi connectivity index (χ0) is 11.4. The van der Waals surface area contributed by atoms with E-state index in [0.717, 1.165) is 19.0 Å². The molecule has 0 amide bonds. The molecule has 1 saturated heterocycles. The van der Waals surface area contributed by atoms with Crippen LogP contribution in [0.1, 0.15) is 19.8 Å². The van der Waals surface area contributed by atoms with Gasteiger partial charge in [-0.25, -0.2) is 0 Å². The van der Waals surface area contributed by atoms with E-state index in [2.05, 4.69) is 16.9 Å². The molecule has 4 nitrogen and oxygen atoms in total. The van der Waals surface area contributed by atoms with Crippen LogP contribution < -0.4 is 5.73 Å². The van der Waals surface area contributed by atoms with Gasteiger partial charge in [0.2, 0.25) is 0 Å². The Balaban J connectivity index is 0.00000144. The van der Waals surface area contributed by atoms with Gasteiger partial charge < -0.3 is 10.6 Å². The van der Waals surface area contributed by atoms with Crippen molar-refractivity contribution in [1.82, 2.24) is 14.7 Å². The third-order valence-corrected chi connectivity index (χ3v) is 3.58. The molecule has 1 aromatic heterocycles. The molecule has 0 radical (unpaired) electrons. The van der Waals surface area contributed by atoms with Crippen molar-refractivity contribution in [2.75, 3.05) is 19.6 Å². The summed E-state index contributed by atoms with van der Waals surface area (Å²) in [4.78, 5) is 2.51. The summed E-state index contributed by atoms with van der Waals surface area (Å²) in [5.41, 5.74) is 5.93. The SMILES string of the molecule is CC(N)C1CCN(CCn2cccn2)CC1.Cl.Cl. The molecule has 0 bridgehead atoms. The average Bonchev–Trinajstić information content (AvgIpc) is 2.80. The van der Waals surface area contributed by atoms with Gasteiger partial charge in [-0.2, -0.15) is 5.10 Å². The quantitative estimate of drug-likeness (QED) is 0.921. The first kappa shape index (κ1) is 17.7. The molecule has 106 valence electrons. The minimum absolute atomic E-state index is 0. The van der Waals surface area contributed by atoms with Crippen molar-refractivity contribution in [3.63, 3.8) is 0 Å². The van der Waals surface area contributed by atoms with Gasteiger partial charge in [0.25, 0.3) is 0 Å². The molecule has 0 aliphatic carbocycles. The molecule has 2 heterocycles. The van der Waals surface area contributed by atoms with E-state index in [4.69, 9.17) is 5.73 Å². The Morgan fingerprint density at radius 3 is 2.44 bits per heavy atom. The Hall–Kier alpha value is -0.290. The smallest absolute Gasteiger partial charge is 0.0536 e. The van der Waals surface area contributed by atoms with Gasteiger partial charge in [-0.3, -0.25) is 4.68 Å². The van der Waals surface area contributed by atoms with Crippen LogP contribution >= 0.6 is 24.8 Å². The number of piperidine rings is 1. The molecule has 6 heteroatoms. The van der Waals surface area contributed by atoms with E-state index in [9.17, 15) is 0 Å². The van der Waals surface area contributed by atoms with Crippen molar-refractivity contribution < 1.29 is 0 Å². The lowest BCUT2D eigenvalue weighted by atomic mass is 9.91. The van der Waals surface area contributed by atoms with Gasteiger partial charge >= 0.3 is 0 Å². The van der Waals surface area contributed by atoms with Crippen LogP contribution in [0, 0.1) is 5.92 Å². The summed E-state index contributed by atoms with van der Waals surface area (Å²) in [5.74, 6) is 0.723. The third-order valence-electron chi connectivity index (χ3n) is 3.58. The van der Waals surface area contributed by atoms with Crippen molar-refractivity contribution in [3.05, 3.63) is 18.5 Å². The van der Waals surface area contributed by atoms with E-state index in [1.165, 1.54) is 25.9 Å². The maximum Gasteiger partial charge on any atom is 0.0536 e. The van der Waals surface area contributed by atoms with Gasteiger partial charge in [0.1, 0.15) is 0 Å². The maximum absolute atomic E-state index is 5.93. The highest BCUT2D eigenvalue weighted by atomic mass is 35.5. The minimum Gasteiger partial charge on any atom is -0.328 e. The molecule has 1 fully saturated rings. The lowest BCUT2D eigenvalue weighted by Gasteiger charge is -2.33. The Labute approximate surface area is 122 Å². The number of aromatic nitrogens is 2. The van der Waals surface area contributed by atoms with Crippen molar-refractivity contribution in [1.29, 1.82) is 0 Å². The largest absolute Gasteiger partial charge is 0.328 e. The van der Waals surface area contributed by atoms with Crippen LogP contribution in [0.4, 0.5) is 0 Å². The Morgan fingerprint density at radius 2 is 1.94 bits per heavy atom. The summed E-state index contributed by atoms with van der Waals surface area (Å²) in [6.07, 6.45) is 6.35. The molecular formula is C12H24Cl2N4. The van der Waals surface area contributed by atoms with Crippen LogP contribution in [0.3, 0.4) is 0 Å². The zero-order valence-corrected chi connectivity index (χ0v) is 12.5. The highest BCUT2D eigenvalue weighted by Gasteiger charge is 2.21. The fraction of sp³-hybridized carbons (Fsp3) is 0.750. The molecular weight excluding hydrogens is 271 g/mol. The van der Waals surface area contributed by atoms with Crippen molar-refractivity contribution in [2.45, 2.75) is 32.4 Å². The Morgan fingerprint density at radius 1 is 1.28 bits per heavy atom. The first-order valence-electron chi connectivity index (χ1n) is 6.21. The van der Waals surface area contributed by atoms with Crippen LogP contribution in [-0.2, 0) is 6.54 Å². The van der Waals surface area contributed by atoms with E-state index in [0.29, 0.717) is 6.04 Å². The van der Waals surface area contributed by atoms with E-state index in [-0.39, 0.29) is 24.8 Å². The number of hydrogen-bond donors (Lipinski definition) is 1. The van der Waals surface area contributed by atoms with Crippen molar-refractivity contribution in [2.24, 2.45) is 11.7 Å². The number of hydrogen-bond acceptors (Lipinski definition) is 3. The molecule has 2 N–H and O–H groups in total. The fourth-order valence-corrected chi connectivity index (χ4v) is 2.38. The number of nitrogens with two attached hydrogens (primary N) is 1. The van der Waals surface area contributed by atoms with Crippen LogP contribution in [0.15, 0.2) is 18.5 Å². The summed E-state index contributed by atoms with van der Waals surface area (Å²) in [7, 11) is 0. The van der Waals surface area contributed by atoms with Gasteiger partial charge in [0.15, 0.2) is 0 Å². The number of nitrogens with zero attached hydrogens (tertiary/aromatic N) is 3. The summed E-state index contributed by atoms with van der Waals surface area (Å²) in [6.45, 7) is 6.61. The number of halogens is 2. The number of likely N-dealkylation sites (tertiary alicyclic amines) is 1. The first-order valence-corrected chi connectivity index (χ1v) is 6.21. The van der Waals surface area contributed by atoms with Crippen LogP contribution in [0.2, 0.25) is 0 Å². The van der Waals surface area contributed by atoms with Gasteiger partial charge in [0, 0.05) is 25.0 Å². The second-order valence-corrected chi connectivity index (χ2v) is 4.81. The second-order valence-electron chi connectivity index (χ2n) is 4.81. The van der Waals surface area contributed by atoms with Gasteiger partial charge in [-0.15, -0.1) is 24.8 Å². The summed E-state index contributed by atoms with van der Waals surface area (Å²) in [5, 5.41) is 4.21. The van der Waals surface area contributed by atoms with Crippen molar-refractivity contribution in [3.8, 4) is 0 Å². The molecule has 1 aliphatic rings. The average molecular weight is 295 g/mol. The molecule has 1 unspecified atom stereocenters. The second kappa shape index (κ2) is 8.75. The lowest BCUT2D eigenvalue weighted by molar-refractivity contribution is 0.166. The van der Waals surface area contributed by atoms with E-state index < -0.39 is 0 Å². The Kier molecular flexibility index (Phi) is 8.61. The predicted molar refractivity (Wildman–Crippen MR) is 79.5 cm³/mol. The molecule has 0 spiro atoms. The van der Waals surface area contributed by atoms with Gasteiger partial charge in [0.05, 0.1) is 6.54 Å². The lowest BCUT2D eigenvalue weighted by Crippen LogP contribution is -2.40. The standard InChI is InChI=1S/C12H22N4.2ClH/c1-11(13)12-3-7-15(8-4-12)9-10-16-6-2-5-14-16;;/h2,5-6,11-12H,3-4,7-10,13H2,1H3;2*1H. The topological polar surface area (TPSA) is 47.1 Å². The number of rotatable bonds is 4. The monoisotopic (exact) mass is 294 g/mol. The molecule has 18 heavy (non-hydrogen) atoms. The van der Waals surface area contributed by atoms with E-state index in [1.54, 1.807) is 0 Å². The van der Waals surface area contributed by atoms with Crippen LogP contribution in [-0.4, -0.2) is 40.4 Å². The molecule has 0 saturated carbocycles. The summed E-state index contributed by atoms with van der Waals surface area (Å²) in [6, 6.07) is 2.33. The highest BCUT2D eigenvalue weighted by Crippen LogP contribution is 2.19. The fourth-order valence-electron chi connectivity index (χ4n) is 2.38. The highest BCUT2D eigenvalue weighted by molar-refractivity contribution is 5.85. The Bertz CT molecular complexity index is 295. The first-order chi connectivity index (χ1) is 7.75. The normalized spacial score (nSPS) is 18.8. The molecule has 1 aliphatic heterocycles. The minimum atomic E-state index is 0. The summed E-state index contributed by atoms with van der Waals surface area (Å²) < 4.78 is 2.00. The van der Waals surface area contributed by atoms with Gasteiger partial charge in [-0.05, 0) is 44.8 Å². The van der Waals surface area contributed by atoms with Crippen LogP contribution in [0.25, 0.3) is 0 Å². The predicted octanol–water partition coefficient (Wildman–Crippen LogP) is 1.79. The zero-order valence-electron chi connectivity index (χ0n) is 10.9. The molecule has 1 atom stereocenters. The molecule has 1 aromatic rings. The van der Waals surface area contributed by atoms with Crippen molar-refractivity contribution >= 4 is 24.8 Å². The maximum atomic E-state index is 5.93. The van der Waals surface area contributed by atoms with Crippen LogP contribution in [0.5, 0.6) is 0 Å². The van der Waals surface area contributed by atoms with E-state index in [1.807, 2.05) is 23.1 Å². The molecule has 0 aromatic carbocycles. The van der Waals surface area contributed by atoms with E-state index >= 15 is 0 Å². The molecule has 2 rings (SSSR count). The third kappa shape index (κ3) is 5.14.